The van der Waals surface area contributed by atoms with E-state index in [1.807, 2.05) is 48.7 Å². The second-order valence-electron chi connectivity index (χ2n) is 9.98. The first-order valence-electron chi connectivity index (χ1n) is 13.4. The molecule has 44 heavy (non-hydrogen) atoms. The Morgan fingerprint density at radius 1 is 1.09 bits per heavy atom. The molecule has 7 nitrogen and oxygen atoms in total. The van der Waals surface area contributed by atoms with Crippen LogP contribution >= 0.6 is 22.7 Å². The van der Waals surface area contributed by atoms with Gasteiger partial charge < -0.3 is 14.5 Å². The van der Waals surface area contributed by atoms with Gasteiger partial charge in [-0.3, -0.25) is 14.2 Å². The highest BCUT2D eigenvalue weighted by Crippen LogP contribution is 2.34. The van der Waals surface area contributed by atoms with Crippen LogP contribution in [0.25, 0.3) is 6.08 Å². The summed E-state index contributed by atoms with van der Waals surface area (Å²) in [5, 5.41) is 4.87. The molecule has 0 spiro atoms. The summed E-state index contributed by atoms with van der Waals surface area (Å²) < 4.78 is 52.2. The number of thiazole rings is 1. The zero-order valence-electron chi connectivity index (χ0n) is 23.3. The Hall–Kier alpha value is -4.68. The van der Waals surface area contributed by atoms with Gasteiger partial charge in [-0.2, -0.15) is 13.2 Å². The minimum atomic E-state index is -4.48. The van der Waals surface area contributed by atoms with E-state index in [0.29, 0.717) is 37.8 Å². The number of alkyl halides is 3. The zero-order valence-corrected chi connectivity index (χ0v) is 25.0. The van der Waals surface area contributed by atoms with Gasteiger partial charge in [-0.05, 0) is 67.3 Å². The lowest BCUT2D eigenvalue weighted by atomic mass is 10.0. The molecule has 0 saturated heterocycles. The van der Waals surface area contributed by atoms with Crippen LogP contribution in [0.5, 0.6) is 5.75 Å². The van der Waals surface area contributed by atoms with Crippen molar-refractivity contribution in [2.75, 3.05) is 5.32 Å². The predicted molar refractivity (Wildman–Crippen MR) is 162 cm³/mol. The molecular formula is C32H24F3N3O4S2. The molecule has 1 amide bonds. The lowest BCUT2D eigenvalue weighted by molar-refractivity contribution is -0.137. The summed E-state index contributed by atoms with van der Waals surface area (Å²) >= 11 is 2.62. The van der Waals surface area contributed by atoms with Crippen LogP contribution in [0.2, 0.25) is 0 Å². The summed E-state index contributed by atoms with van der Waals surface area (Å²) in [6.07, 6.45) is -2.90. The first-order chi connectivity index (χ1) is 21.1. The number of benzene rings is 2. The first-order valence-corrected chi connectivity index (χ1v) is 15.1. The number of thiophene rings is 1. The molecule has 1 unspecified atom stereocenters. The van der Waals surface area contributed by atoms with Crippen molar-refractivity contribution in [2.45, 2.75) is 32.7 Å². The second kappa shape index (κ2) is 11.8. The van der Waals surface area contributed by atoms with Crippen molar-refractivity contribution >= 4 is 40.3 Å². The number of allylic oxidation sites excluding steroid dienone is 1. The Morgan fingerprint density at radius 3 is 2.66 bits per heavy atom. The molecule has 3 aromatic heterocycles. The Labute approximate surface area is 256 Å². The molecule has 224 valence electrons. The number of amides is 1. The Balaban J connectivity index is 1.30. The normalized spacial score (nSPS) is 15.2. The average molecular weight is 636 g/mol. The third kappa shape index (κ3) is 5.90. The van der Waals surface area contributed by atoms with Crippen LogP contribution in [0, 0.1) is 6.92 Å². The van der Waals surface area contributed by atoms with Crippen LogP contribution in [-0.4, -0.2) is 10.5 Å². The number of ether oxygens (including phenoxy) is 1. The molecule has 1 aliphatic rings. The van der Waals surface area contributed by atoms with Crippen molar-refractivity contribution in [3.05, 3.63) is 137 Å². The van der Waals surface area contributed by atoms with Gasteiger partial charge in [0.15, 0.2) is 4.80 Å². The van der Waals surface area contributed by atoms with Gasteiger partial charge in [0, 0.05) is 16.6 Å². The molecule has 5 aromatic rings. The SMILES string of the molecule is CC1=C(C(=O)Nc2ccccc2C)C(c2cccs2)n2c(s/c(=C/c3ccc(COc4cccc(C(F)(F)F)c4)o3)c2=O)=N1. The van der Waals surface area contributed by atoms with Gasteiger partial charge in [0.2, 0.25) is 0 Å². The van der Waals surface area contributed by atoms with E-state index >= 15 is 0 Å². The first kappa shape index (κ1) is 29.4. The largest absolute Gasteiger partial charge is 0.486 e. The Kier molecular flexibility index (Phi) is 7.87. The molecule has 4 heterocycles. The van der Waals surface area contributed by atoms with Gasteiger partial charge in [0.05, 0.1) is 21.4 Å². The number of rotatable bonds is 7. The monoisotopic (exact) mass is 635 g/mol. The van der Waals surface area contributed by atoms with Gasteiger partial charge in [-0.25, -0.2) is 4.99 Å². The molecule has 6 rings (SSSR count). The van der Waals surface area contributed by atoms with E-state index in [1.165, 1.54) is 39.4 Å². The fourth-order valence-corrected chi connectivity index (χ4v) is 6.68. The van der Waals surface area contributed by atoms with Crippen molar-refractivity contribution in [3.63, 3.8) is 0 Å². The van der Waals surface area contributed by atoms with E-state index in [0.717, 1.165) is 22.6 Å². The van der Waals surface area contributed by atoms with Gasteiger partial charge in [-0.1, -0.05) is 41.7 Å². The number of halogens is 3. The molecule has 0 fully saturated rings. The van der Waals surface area contributed by atoms with Crippen molar-refractivity contribution in [2.24, 2.45) is 4.99 Å². The summed E-state index contributed by atoms with van der Waals surface area (Å²) in [5.41, 5.74) is 1.32. The van der Waals surface area contributed by atoms with Crippen LogP contribution in [-0.2, 0) is 17.6 Å². The number of furan rings is 1. The average Bonchev–Trinajstić information content (AvgIpc) is 3.74. The summed E-state index contributed by atoms with van der Waals surface area (Å²) in [6, 6.07) is 18.4. The standard InChI is InChI=1S/C32H24F3N3O4S2/c1-18-7-3-4-10-24(18)37-29(39)27-19(2)36-31-38(28(27)25-11-6-14-43-25)30(40)26(44-31)16-22-12-13-23(42-22)17-41-21-9-5-8-20(15-21)32(33,34)35/h3-16,28H,17H2,1-2H3,(H,37,39)/b26-16+. The molecule has 1 N–H and O–H groups in total. The van der Waals surface area contributed by atoms with Gasteiger partial charge in [0.25, 0.3) is 11.5 Å². The molecular weight excluding hydrogens is 611 g/mol. The van der Waals surface area contributed by atoms with Crippen LogP contribution in [0.3, 0.4) is 0 Å². The van der Waals surface area contributed by atoms with E-state index in [2.05, 4.69) is 10.3 Å². The number of aryl methyl sites for hydroxylation is 1. The molecule has 12 heteroatoms. The number of fused-ring (bicyclic) bond motifs is 1. The quantitative estimate of drug-likeness (QED) is 0.223. The van der Waals surface area contributed by atoms with E-state index in [-0.39, 0.29) is 23.8 Å². The zero-order chi connectivity index (χ0) is 31.0. The second-order valence-corrected chi connectivity index (χ2v) is 12.0. The number of carbonyl (C=O) groups excluding carboxylic acids is 1. The summed E-state index contributed by atoms with van der Waals surface area (Å²) in [6.45, 7) is 3.56. The number of carbonyl (C=O) groups is 1. The lowest BCUT2D eigenvalue weighted by Gasteiger charge is -2.24. The van der Waals surface area contributed by atoms with E-state index in [1.54, 1.807) is 25.1 Å². The number of nitrogens with zero attached hydrogens (tertiary/aromatic N) is 2. The molecule has 0 aliphatic carbocycles. The highest BCUT2D eigenvalue weighted by atomic mass is 32.1. The molecule has 0 radical (unpaired) electrons. The van der Waals surface area contributed by atoms with Crippen LogP contribution in [0.15, 0.2) is 104 Å². The number of hydrogen-bond acceptors (Lipinski definition) is 7. The van der Waals surface area contributed by atoms with Crippen molar-refractivity contribution in [3.8, 4) is 5.75 Å². The number of aromatic nitrogens is 1. The number of nitrogens with one attached hydrogen (secondary N) is 1. The minimum absolute atomic E-state index is 0.0531. The van der Waals surface area contributed by atoms with Crippen molar-refractivity contribution in [1.29, 1.82) is 0 Å². The molecule has 1 atom stereocenters. The van der Waals surface area contributed by atoms with Gasteiger partial charge in [0.1, 0.15) is 29.9 Å². The molecule has 0 saturated carbocycles. The van der Waals surface area contributed by atoms with E-state index in [4.69, 9.17) is 9.15 Å². The van der Waals surface area contributed by atoms with Crippen LogP contribution in [0.1, 0.15) is 40.5 Å². The molecule has 1 aliphatic heterocycles. The third-order valence-electron chi connectivity index (χ3n) is 6.97. The fraction of sp³-hybridized carbons (Fsp3) is 0.156. The number of para-hydroxylation sites is 1. The fourth-order valence-electron chi connectivity index (χ4n) is 4.83. The maximum absolute atomic E-state index is 13.8. The smallest absolute Gasteiger partial charge is 0.416 e. The Morgan fingerprint density at radius 2 is 1.91 bits per heavy atom. The van der Waals surface area contributed by atoms with Crippen LogP contribution in [0.4, 0.5) is 18.9 Å². The molecule has 0 bridgehead atoms. The summed E-state index contributed by atoms with van der Waals surface area (Å²) in [5.74, 6) is 0.435. The van der Waals surface area contributed by atoms with Gasteiger partial charge in [-0.15, -0.1) is 11.3 Å². The third-order valence-corrected chi connectivity index (χ3v) is 8.88. The van der Waals surface area contributed by atoms with E-state index in [9.17, 15) is 22.8 Å². The van der Waals surface area contributed by atoms with Gasteiger partial charge >= 0.3 is 6.18 Å². The van der Waals surface area contributed by atoms with Crippen molar-refractivity contribution < 1.29 is 27.1 Å². The van der Waals surface area contributed by atoms with Crippen LogP contribution < -0.4 is 24.9 Å². The highest BCUT2D eigenvalue weighted by Gasteiger charge is 2.33. The maximum atomic E-state index is 13.8. The summed E-state index contributed by atoms with van der Waals surface area (Å²) in [4.78, 5) is 33.4. The minimum Gasteiger partial charge on any atom is -0.486 e. The van der Waals surface area contributed by atoms with E-state index < -0.39 is 17.8 Å². The predicted octanol–water partition coefficient (Wildman–Crippen LogP) is 6.43. The highest BCUT2D eigenvalue weighted by molar-refractivity contribution is 7.10. The topological polar surface area (TPSA) is 85.8 Å². The molecule has 2 aromatic carbocycles. The maximum Gasteiger partial charge on any atom is 0.416 e. The van der Waals surface area contributed by atoms with Crippen molar-refractivity contribution in [1.82, 2.24) is 4.57 Å². The number of hydrogen-bond donors (Lipinski definition) is 1. The Bertz CT molecular complexity index is 2070. The number of anilines is 1. The summed E-state index contributed by atoms with van der Waals surface area (Å²) in [7, 11) is 0. The lowest BCUT2D eigenvalue weighted by Crippen LogP contribution is -2.40.